The van der Waals surface area contributed by atoms with Gasteiger partial charge in [-0.05, 0) is 51.9 Å². The lowest BCUT2D eigenvalue weighted by molar-refractivity contribution is -0.121. The maximum absolute atomic E-state index is 12.1. The Balaban J connectivity index is 1.93. The van der Waals surface area contributed by atoms with Crippen molar-refractivity contribution in [3.8, 4) is 6.07 Å². The first-order valence-corrected chi connectivity index (χ1v) is 6.60. The lowest BCUT2D eigenvalue weighted by Gasteiger charge is -2.39. The van der Waals surface area contributed by atoms with Crippen molar-refractivity contribution in [2.24, 2.45) is 5.92 Å². The summed E-state index contributed by atoms with van der Waals surface area (Å²) in [5.74, 6) is 0.784. The predicted octanol–water partition coefficient (Wildman–Crippen LogP) is 1.97. The number of anilines is 1. The average Bonchev–Trinajstić information content (AvgIpc) is 2.91. The Morgan fingerprint density at radius 2 is 2.21 bits per heavy atom. The molecule has 1 aliphatic rings. The smallest absolute Gasteiger partial charge is 0.228 e. The predicted molar refractivity (Wildman–Crippen MR) is 73.4 cm³/mol. The van der Waals surface area contributed by atoms with Crippen LogP contribution in [0.1, 0.15) is 25.7 Å². The molecular formula is C14H20N4O. The Hall–Kier alpha value is -1.80. The van der Waals surface area contributed by atoms with Gasteiger partial charge in [-0.25, -0.2) is 0 Å². The summed E-state index contributed by atoms with van der Waals surface area (Å²) >= 11 is 0. The van der Waals surface area contributed by atoms with Crippen LogP contribution < -0.4 is 5.32 Å². The molecule has 0 aromatic carbocycles. The summed E-state index contributed by atoms with van der Waals surface area (Å²) in [5, 5.41) is 12.2. The number of H-pyrrole nitrogens is 1. The number of aromatic nitrogens is 1. The highest BCUT2D eigenvalue weighted by molar-refractivity contribution is 5.91. The molecule has 5 heteroatoms. The number of nitrogens with zero attached hydrogens (tertiary/aromatic N) is 2. The van der Waals surface area contributed by atoms with Gasteiger partial charge in [0.25, 0.3) is 0 Å². The molecule has 19 heavy (non-hydrogen) atoms. The molecule has 1 aromatic rings. The molecule has 1 fully saturated rings. The number of hydrogen-bond donors (Lipinski definition) is 2. The van der Waals surface area contributed by atoms with E-state index in [0.717, 1.165) is 31.5 Å². The van der Waals surface area contributed by atoms with E-state index in [1.807, 2.05) is 31.1 Å². The number of nitriles is 1. The van der Waals surface area contributed by atoms with E-state index in [0.29, 0.717) is 0 Å². The van der Waals surface area contributed by atoms with E-state index in [1.165, 1.54) is 0 Å². The fourth-order valence-electron chi connectivity index (χ4n) is 2.66. The van der Waals surface area contributed by atoms with E-state index in [2.05, 4.69) is 16.4 Å². The van der Waals surface area contributed by atoms with Crippen molar-refractivity contribution in [1.82, 2.24) is 9.88 Å². The minimum absolute atomic E-state index is 0.00437. The summed E-state index contributed by atoms with van der Waals surface area (Å²) in [4.78, 5) is 17.0. The van der Waals surface area contributed by atoms with E-state index in [9.17, 15) is 10.1 Å². The number of hydrogen-bond acceptors (Lipinski definition) is 3. The Kier molecular flexibility index (Phi) is 3.91. The highest BCUT2D eigenvalue weighted by Crippen LogP contribution is 2.35. The lowest BCUT2D eigenvalue weighted by Crippen LogP contribution is -2.47. The van der Waals surface area contributed by atoms with Crippen LogP contribution in [0.3, 0.4) is 0 Å². The van der Waals surface area contributed by atoms with Crippen molar-refractivity contribution in [3.63, 3.8) is 0 Å². The third kappa shape index (κ3) is 2.79. The molecule has 1 amide bonds. The molecule has 1 saturated carbocycles. The Morgan fingerprint density at radius 1 is 1.53 bits per heavy atom. The third-order valence-corrected chi connectivity index (χ3v) is 4.10. The Bertz CT molecular complexity index is 464. The number of nitrogens with one attached hydrogen (secondary N) is 2. The highest BCUT2D eigenvalue weighted by atomic mass is 16.1. The second-order valence-corrected chi connectivity index (χ2v) is 5.39. The van der Waals surface area contributed by atoms with Crippen molar-refractivity contribution in [2.45, 2.75) is 31.2 Å². The zero-order chi connectivity index (χ0) is 13.9. The third-order valence-electron chi connectivity index (χ3n) is 4.10. The number of aromatic amines is 1. The quantitative estimate of drug-likeness (QED) is 0.872. The van der Waals surface area contributed by atoms with Crippen LogP contribution in [0.2, 0.25) is 0 Å². The average molecular weight is 260 g/mol. The Morgan fingerprint density at radius 3 is 2.68 bits per heavy atom. The lowest BCUT2D eigenvalue weighted by atomic mass is 9.76. The van der Waals surface area contributed by atoms with Crippen LogP contribution in [0.4, 0.5) is 5.82 Å². The van der Waals surface area contributed by atoms with E-state index < -0.39 is 5.54 Å². The molecule has 0 saturated heterocycles. The molecular weight excluding hydrogens is 240 g/mol. The molecule has 102 valence electrons. The fourth-order valence-corrected chi connectivity index (χ4v) is 2.66. The van der Waals surface area contributed by atoms with Crippen molar-refractivity contribution < 1.29 is 4.79 Å². The molecule has 0 radical (unpaired) electrons. The van der Waals surface area contributed by atoms with Gasteiger partial charge in [0, 0.05) is 12.1 Å². The van der Waals surface area contributed by atoms with E-state index in [1.54, 1.807) is 6.20 Å². The van der Waals surface area contributed by atoms with Crippen LogP contribution in [0.5, 0.6) is 0 Å². The second-order valence-electron chi connectivity index (χ2n) is 5.39. The number of amides is 1. The van der Waals surface area contributed by atoms with Crippen LogP contribution in [-0.2, 0) is 4.79 Å². The van der Waals surface area contributed by atoms with Gasteiger partial charge < -0.3 is 10.3 Å². The summed E-state index contributed by atoms with van der Waals surface area (Å²) in [7, 11) is 3.87. The summed E-state index contributed by atoms with van der Waals surface area (Å²) < 4.78 is 0. The van der Waals surface area contributed by atoms with Crippen LogP contribution in [0, 0.1) is 17.2 Å². The topological polar surface area (TPSA) is 71.9 Å². The van der Waals surface area contributed by atoms with Gasteiger partial charge >= 0.3 is 0 Å². The van der Waals surface area contributed by atoms with Gasteiger partial charge in [0.05, 0.1) is 6.07 Å². The Labute approximate surface area is 113 Å². The molecule has 1 aliphatic carbocycles. The monoisotopic (exact) mass is 260 g/mol. The molecule has 1 aromatic heterocycles. The molecule has 2 rings (SSSR count). The zero-order valence-electron chi connectivity index (χ0n) is 11.4. The summed E-state index contributed by atoms with van der Waals surface area (Å²) in [5.41, 5.74) is -0.400. The molecule has 0 spiro atoms. The van der Waals surface area contributed by atoms with Gasteiger partial charge in [-0.3, -0.25) is 9.69 Å². The molecule has 0 atom stereocenters. The van der Waals surface area contributed by atoms with Crippen LogP contribution >= 0.6 is 0 Å². The minimum atomic E-state index is -0.400. The van der Waals surface area contributed by atoms with Gasteiger partial charge in [0.1, 0.15) is 11.4 Å². The molecule has 2 N–H and O–H groups in total. The molecule has 1 heterocycles. The molecule has 0 aliphatic heterocycles. The van der Waals surface area contributed by atoms with Crippen molar-refractivity contribution >= 4 is 11.7 Å². The van der Waals surface area contributed by atoms with Crippen molar-refractivity contribution in [3.05, 3.63) is 18.3 Å². The molecule has 5 nitrogen and oxygen atoms in total. The van der Waals surface area contributed by atoms with Gasteiger partial charge in [-0.1, -0.05) is 0 Å². The number of carbonyl (C=O) groups excluding carboxylic acids is 1. The largest absolute Gasteiger partial charge is 0.348 e. The highest BCUT2D eigenvalue weighted by Gasteiger charge is 2.39. The van der Waals surface area contributed by atoms with Gasteiger partial charge in [0.2, 0.25) is 5.91 Å². The van der Waals surface area contributed by atoms with Crippen molar-refractivity contribution in [1.29, 1.82) is 5.26 Å². The second kappa shape index (κ2) is 5.45. The van der Waals surface area contributed by atoms with Crippen LogP contribution in [0.25, 0.3) is 0 Å². The van der Waals surface area contributed by atoms with Crippen molar-refractivity contribution in [2.75, 3.05) is 19.4 Å². The van der Waals surface area contributed by atoms with Crippen LogP contribution in [0.15, 0.2) is 18.3 Å². The first kappa shape index (κ1) is 13.6. The standard InChI is InChI=1S/C14H20N4O/c1-18(2)14(10-15)7-5-11(6-8-14)13(19)17-12-4-3-9-16-12/h3-4,9,11,16H,5-8H2,1-2H3,(H,17,19). The van der Waals surface area contributed by atoms with E-state index >= 15 is 0 Å². The summed E-state index contributed by atoms with van der Waals surface area (Å²) in [6.45, 7) is 0. The maximum atomic E-state index is 12.1. The molecule has 0 bridgehead atoms. The molecule has 0 unspecified atom stereocenters. The summed E-state index contributed by atoms with van der Waals surface area (Å²) in [6.07, 6.45) is 4.80. The fraction of sp³-hybridized carbons (Fsp3) is 0.571. The van der Waals surface area contributed by atoms with E-state index in [4.69, 9.17) is 0 Å². The van der Waals surface area contributed by atoms with Gasteiger partial charge in [0.15, 0.2) is 0 Å². The van der Waals surface area contributed by atoms with Gasteiger partial charge in [-0.2, -0.15) is 5.26 Å². The zero-order valence-corrected chi connectivity index (χ0v) is 11.4. The number of rotatable bonds is 3. The SMILES string of the molecule is CN(C)C1(C#N)CCC(C(=O)Nc2ccc[nH]2)CC1. The maximum Gasteiger partial charge on any atom is 0.228 e. The van der Waals surface area contributed by atoms with Crippen LogP contribution in [-0.4, -0.2) is 35.4 Å². The summed E-state index contributed by atoms with van der Waals surface area (Å²) in [6, 6.07) is 6.09. The first-order chi connectivity index (χ1) is 9.07. The minimum Gasteiger partial charge on any atom is -0.348 e. The number of carbonyl (C=O) groups is 1. The van der Waals surface area contributed by atoms with E-state index in [-0.39, 0.29) is 11.8 Å². The van der Waals surface area contributed by atoms with Gasteiger partial charge in [-0.15, -0.1) is 0 Å². The first-order valence-electron chi connectivity index (χ1n) is 6.60. The normalized spacial score (nSPS) is 26.9.